The van der Waals surface area contributed by atoms with Gasteiger partial charge in [0.1, 0.15) is 5.75 Å². The third kappa shape index (κ3) is 2.51. The molecule has 1 fully saturated rings. The summed E-state index contributed by atoms with van der Waals surface area (Å²) in [6.07, 6.45) is 2.19. The van der Waals surface area contributed by atoms with Gasteiger partial charge in [-0.3, -0.25) is 0 Å². The predicted molar refractivity (Wildman–Crippen MR) is 80.5 cm³/mol. The monoisotopic (exact) mass is 282 g/mol. The Labute approximate surface area is 124 Å². The smallest absolute Gasteiger partial charge is 0.338 e. The normalized spacial score (nSPS) is 15.5. The maximum atomic E-state index is 11.7. The van der Waals surface area contributed by atoms with Gasteiger partial charge in [0.25, 0.3) is 0 Å². The average Bonchev–Trinajstić information content (AvgIpc) is 3.30. The quantitative estimate of drug-likeness (QED) is 0.871. The van der Waals surface area contributed by atoms with E-state index in [2.05, 4.69) is 0 Å². The lowest BCUT2D eigenvalue weighted by atomic mass is 9.87. The maximum absolute atomic E-state index is 11.7. The third-order valence-corrected chi connectivity index (χ3v) is 4.12. The first kappa shape index (κ1) is 13.7. The molecule has 0 spiro atoms. The van der Waals surface area contributed by atoms with Gasteiger partial charge in [0.15, 0.2) is 0 Å². The molecule has 1 saturated carbocycles. The molecular formula is C18H18O3. The molecule has 0 aliphatic heterocycles. The fourth-order valence-electron chi connectivity index (χ4n) is 2.79. The second kappa shape index (κ2) is 5.24. The van der Waals surface area contributed by atoms with Crippen LogP contribution in [0, 0.1) is 0 Å². The molecule has 2 aromatic rings. The summed E-state index contributed by atoms with van der Waals surface area (Å²) >= 11 is 0. The maximum Gasteiger partial charge on any atom is 0.338 e. The summed E-state index contributed by atoms with van der Waals surface area (Å²) in [6.45, 7) is 2.19. The number of esters is 1. The van der Waals surface area contributed by atoms with Crippen LogP contribution in [0.4, 0.5) is 0 Å². The molecule has 0 atom stereocenters. The number of hydrogen-bond acceptors (Lipinski definition) is 3. The highest BCUT2D eigenvalue weighted by Gasteiger charge is 2.45. The summed E-state index contributed by atoms with van der Waals surface area (Å²) in [5.74, 6) is 0.00531. The van der Waals surface area contributed by atoms with E-state index in [9.17, 15) is 9.90 Å². The topological polar surface area (TPSA) is 46.5 Å². The molecule has 1 aliphatic carbocycles. The van der Waals surface area contributed by atoms with E-state index in [-0.39, 0.29) is 17.1 Å². The van der Waals surface area contributed by atoms with Crippen LogP contribution in [0.15, 0.2) is 48.5 Å². The van der Waals surface area contributed by atoms with Crippen LogP contribution >= 0.6 is 0 Å². The molecular weight excluding hydrogens is 264 g/mol. The number of carbonyl (C=O) groups is 1. The van der Waals surface area contributed by atoms with E-state index in [1.807, 2.05) is 36.4 Å². The second-order valence-electron chi connectivity index (χ2n) is 5.43. The molecule has 108 valence electrons. The van der Waals surface area contributed by atoms with Crippen LogP contribution in [-0.4, -0.2) is 17.7 Å². The Morgan fingerprint density at radius 1 is 1.05 bits per heavy atom. The Balaban J connectivity index is 1.87. The zero-order chi connectivity index (χ0) is 14.9. The van der Waals surface area contributed by atoms with Gasteiger partial charge in [-0.25, -0.2) is 4.79 Å². The Bertz CT molecular complexity index is 637. The zero-order valence-corrected chi connectivity index (χ0v) is 12.0. The number of hydrogen-bond donors (Lipinski definition) is 1. The van der Waals surface area contributed by atoms with Crippen molar-refractivity contribution >= 4 is 5.97 Å². The summed E-state index contributed by atoms with van der Waals surface area (Å²) in [5.41, 5.74) is 3.05. The van der Waals surface area contributed by atoms with Gasteiger partial charge in [-0.15, -0.1) is 0 Å². The lowest BCUT2D eigenvalue weighted by Gasteiger charge is -2.17. The van der Waals surface area contributed by atoms with Crippen LogP contribution in [0.1, 0.15) is 41.3 Å². The molecule has 0 bridgehead atoms. The molecule has 21 heavy (non-hydrogen) atoms. The number of aromatic hydroxyl groups is 1. The van der Waals surface area contributed by atoms with Crippen molar-refractivity contribution < 1.29 is 14.6 Å². The third-order valence-electron chi connectivity index (χ3n) is 4.12. The summed E-state index contributed by atoms with van der Waals surface area (Å²) in [5, 5.41) is 9.41. The summed E-state index contributed by atoms with van der Waals surface area (Å²) in [7, 11) is 0. The second-order valence-corrected chi connectivity index (χ2v) is 5.43. The summed E-state index contributed by atoms with van der Waals surface area (Å²) < 4.78 is 5.00. The lowest BCUT2D eigenvalue weighted by molar-refractivity contribution is 0.0526. The molecule has 0 saturated heterocycles. The Hall–Kier alpha value is -2.29. The molecule has 1 aliphatic rings. The molecule has 0 unspecified atom stereocenters. The van der Waals surface area contributed by atoms with Crippen molar-refractivity contribution in [2.75, 3.05) is 6.61 Å². The number of carbonyl (C=O) groups excluding carboxylic acids is 1. The van der Waals surface area contributed by atoms with Crippen LogP contribution in [0.25, 0.3) is 0 Å². The molecule has 1 N–H and O–H groups in total. The number of ether oxygens (including phenoxy) is 1. The van der Waals surface area contributed by atoms with Crippen LogP contribution < -0.4 is 0 Å². The van der Waals surface area contributed by atoms with Crippen molar-refractivity contribution in [2.45, 2.75) is 25.2 Å². The Kier molecular flexibility index (Phi) is 3.42. The number of phenols is 1. The predicted octanol–water partition coefficient (Wildman–Crippen LogP) is 3.65. The molecule has 0 aromatic heterocycles. The van der Waals surface area contributed by atoms with E-state index in [0.717, 1.165) is 12.8 Å². The highest BCUT2D eigenvalue weighted by molar-refractivity contribution is 5.89. The minimum absolute atomic E-state index is 0.0426. The Morgan fingerprint density at radius 2 is 1.57 bits per heavy atom. The average molecular weight is 282 g/mol. The molecule has 0 radical (unpaired) electrons. The highest BCUT2D eigenvalue weighted by Crippen LogP contribution is 2.53. The highest BCUT2D eigenvalue weighted by atomic mass is 16.5. The minimum Gasteiger partial charge on any atom is -0.508 e. The van der Waals surface area contributed by atoms with Gasteiger partial charge in [0.2, 0.25) is 0 Å². The van der Waals surface area contributed by atoms with Crippen molar-refractivity contribution in [3.63, 3.8) is 0 Å². The van der Waals surface area contributed by atoms with Crippen molar-refractivity contribution in [3.8, 4) is 5.75 Å². The fourth-order valence-corrected chi connectivity index (χ4v) is 2.79. The van der Waals surface area contributed by atoms with Gasteiger partial charge < -0.3 is 9.84 Å². The first-order valence-corrected chi connectivity index (χ1v) is 7.23. The molecule has 3 nitrogen and oxygen atoms in total. The van der Waals surface area contributed by atoms with E-state index >= 15 is 0 Å². The fraction of sp³-hybridized carbons (Fsp3) is 0.278. The largest absolute Gasteiger partial charge is 0.508 e. The number of benzene rings is 2. The van der Waals surface area contributed by atoms with Crippen molar-refractivity contribution in [1.29, 1.82) is 0 Å². The molecule has 2 aromatic carbocycles. The summed E-state index contributed by atoms with van der Waals surface area (Å²) in [4.78, 5) is 11.7. The summed E-state index contributed by atoms with van der Waals surface area (Å²) in [6, 6.07) is 15.1. The van der Waals surface area contributed by atoms with Gasteiger partial charge in [-0.1, -0.05) is 24.3 Å². The van der Waals surface area contributed by atoms with Gasteiger partial charge in [-0.2, -0.15) is 0 Å². The zero-order valence-electron chi connectivity index (χ0n) is 12.0. The van der Waals surface area contributed by atoms with Crippen LogP contribution in [0.5, 0.6) is 5.75 Å². The van der Waals surface area contributed by atoms with E-state index in [4.69, 9.17) is 4.74 Å². The van der Waals surface area contributed by atoms with E-state index in [0.29, 0.717) is 12.2 Å². The Morgan fingerprint density at radius 3 is 2.05 bits per heavy atom. The van der Waals surface area contributed by atoms with Crippen LogP contribution in [0.3, 0.4) is 0 Å². The first-order valence-electron chi connectivity index (χ1n) is 7.23. The number of rotatable bonds is 4. The van der Waals surface area contributed by atoms with Crippen molar-refractivity contribution in [2.24, 2.45) is 0 Å². The van der Waals surface area contributed by atoms with Gasteiger partial charge in [-0.05, 0) is 55.2 Å². The van der Waals surface area contributed by atoms with Gasteiger partial charge >= 0.3 is 5.97 Å². The SMILES string of the molecule is CCOC(=O)c1ccc(C2(c3ccc(O)cc3)CC2)cc1. The van der Waals surface area contributed by atoms with E-state index in [1.165, 1.54) is 11.1 Å². The van der Waals surface area contributed by atoms with Gasteiger partial charge in [0.05, 0.1) is 12.2 Å². The molecule has 3 rings (SSSR count). The molecule has 3 heteroatoms. The minimum atomic E-state index is -0.279. The van der Waals surface area contributed by atoms with E-state index < -0.39 is 0 Å². The van der Waals surface area contributed by atoms with E-state index in [1.54, 1.807) is 19.1 Å². The van der Waals surface area contributed by atoms with Crippen molar-refractivity contribution in [1.82, 2.24) is 0 Å². The molecule has 0 amide bonds. The first-order chi connectivity index (χ1) is 10.2. The lowest BCUT2D eigenvalue weighted by Crippen LogP contribution is -2.10. The standard InChI is InChI=1S/C18H18O3/c1-2-21-17(20)13-3-5-14(6-4-13)18(11-12-18)15-7-9-16(19)10-8-15/h3-10,19H,2,11-12H2,1H3. The number of phenolic OH excluding ortho intramolecular Hbond substituents is 1. The molecule has 0 heterocycles. The van der Waals surface area contributed by atoms with Crippen LogP contribution in [0.2, 0.25) is 0 Å². The van der Waals surface area contributed by atoms with Crippen molar-refractivity contribution in [3.05, 3.63) is 65.2 Å². The van der Waals surface area contributed by atoms with Gasteiger partial charge in [0, 0.05) is 5.41 Å². The van der Waals surface area contributed by atoms with Crippen LogP contribution in [-0.2, 0) is 10.2 Å².